The van der Waals surface area contributed by atoms with Crippen LogP contribution in [0.1, 0.15) is 35.2 Å². The smallest absolute Gasteiger partial charge is 0.282 e. The number of anilines is 1. The van der Waals surface area contributed by atoms with Crippen LogP contribution < -0.4 is 4.90 Å². The van der Waals surface area contributed by atoms with Crippen LogP contribution in [0.15, 0.2) is 47.4 Å². The number of carbonyl (C=O) groups is 1. The van der Waals surface area contributed by atoms with Gasteiger partial charge in [0.25, 0.3) is 11.6 Å². The zero-order valence-corrected chi connectivity index (χ0v) is 16.6. The van der Waals surface area contributed by atoms with Crippen molar-refractivity contribution < 1.29 is 18.1 Å². The third kappa shape index (κ3) is 3.51. The van der Waals surface area contributed by atoms with E-state index in [0.29, 0.717) is 38.2 Å². The molecular formula is C20H21N3O5S. The summed E-state index contributed by atoms with van der Waals surface area (Å²) in [5, 5.41) is 11.3. The van der Waals surface area contributed by atoms with Crippen LogP contribution >= 0.6 is 0 Å². The molecule has 9 heteroatoms. The summed E-state index contributed by atoms with van der Waals surface area (Å²) in [4.78, 5) is 25.5. The highest BCUT2D eigenvalue weighted by atomic mass is 32.2. The molecule has 1 amide bonds. The molecule has 0 atom stereocenters. The van der Waals surface area contributed by atoms with Crippen molar-refractivity contribution in [3.63, 3.8) is 0 Å². The number of nitrogens with zero attached hydrogens (tertiary/aromatic N) is 3. The SMILES string of the molecule is O=C(c1ccccc1[N+](=O)[O-])N1CCCc2cc(S(=O)(=O)N3CCCC3)ccc21. The van der Waals surface area contributed by atoms with Gasteiger partial charge in [-0.25, -0.2) is 8.42 Å². The Hall–Kier alpha value is -2.78. The lowest BCUT2D eigenvalue weighted by atomic mass is 10.0. The van der Waals surface area contributed by atoms with E-state index in [1.54, 1.807) is 18.2 Å². The fourth-order valence-corrected chi connectivity index (χ4v) is 5.55. The van der Waals surface area contributed by atoms with E-state index in [1.165, 1.54) is 33.5 Å². The normalized spacial score (nSPS) is 17.2. The largest absolute Gasteiger partial charge is 0.308 e. The molecule has 0 spiro atoms. The Bertz CT molecular complexity index is 1080. The Balaban J connectivity index is 1.69. The van der Waals surface area contributed by atoms with E-state index in [2.05, 4.69) is 0 Å². The Kier molecular flexibility index (Phi) is 5.10. The molecule has 2 heterocycles. The van der Waals surface area contributed by atoms with Gasteiger partial charge in [0.2, 0.25) is 10.0 Å². The maximum atomic E-state index is 13.1. The number of aryl methyl sites for hydroxylation is 1. The van der Waals surface area contributed by atoms with Crippen LogP contribution in [0, 0.1) is 10.1 Å². The van der Waals surface area contributed by atoms with E-state index in [1.807, 2.05) is 0 Å². The molecule has 0 aliphatic carbocycles. The highest BCUT2D eigenvalue weighted by molar-refractivity contribution is 7.89. The Labute approximate surface area is 168 Å². The number of rotatable bonds is 4. The van der Waals surface area contributed by atoms with E-state index in [0.717, 1.165) is 18.4 Å². The summed E-state index contributed by atoms with van der Waals surface area (Å²) in [5.41, 5.74) is 1.17. The average molecular weight is 415 g/mol. The number of nitro groups is 1. The number of para-hydroxylation sites is 1. The molecule has 8 nitrogen and oxygen atoms in total. The van der Waals surface area contributed by atoms with Gasteiger partial charge in [0.1, 0.15) is 5.56 Å². The molecule has 0 saturated carbocycles. The Morgan fingerprint density at radius 3 is 2.45 bits per heavy atom. The van der Waals surface area contributed by atoms with Gasteiger partial charge in [-0.05, 0) is 55.5 Å². The molecule has 29 heavy (non-hydrogen) atoms. The maximum absolute atomic E-state index is 13.1. The van der Waals surface area contributed by atoms with Crippen LogP contribution in [0.2, 0.25) is 0 Å². The summed E-state index contributed by atoms with van der Waals surface area (Å²) in [6.07, 6.45) is 3.04. The first kappa shape index (κ1) is 19.5. The Morgan fingerprint density at radius 2 is 1.72 bits per heavy atom. The first-order valence-corrected chi connectivity index (χ1v) is 11.0. The molecule has 1 fully saturated rings. The second kappa shape index (κ2) is 7.57. The van der Waals surface area contributed by atoms with E-state index >= 15 is 0 Å². The predicted octanol–water partition coefficient (Wildman–Crippen LogP) is 2.97. The van der Waals surface area contributed by atoms with Gasteiger partial charge in [-0.1, -0.05) is 12.1 Å². The van der Waals surface area contributed by atoms with Crippen LogP contribution in [-0.4, -0.2) is 43.2 Å². The molecule has 4 rings (SSSR count). The number of benzene rings is 2. The number of fused-ring (bicyclic) bond motifs is 1. The molecule has 0 N–H and O–H groups in total. The maximum Gasteiger partial charge on any atom is 0.282 e. The lowest BCUT2D eigenvalue weighted by Crippen LogP contribution is -2.36. The predicted molar refractivity (Wildman–Crippen MR) is 108 cm³/mol. The second-order valence-electron chi connectivity index (χ2n) is 7.24. The van der Waals surface area contributed by atoms with E-state index in [-0.39, 0.29) is 16.1 Å². The van der Waals surface area contributed by atoms with Crippen molar-refractivity contribution in [2.45, 2.75) is 30.6 Å². The molecule has 152 valence electrons. The van der Waals surface area contributed by atoms with Crippen molar-refractivity contribution in [1.82, 2.24) is 4.31 Å². The summed E-state index contributed by atoms with van der Waals surface area (Å²) in [6.45, 7) is 1.49. The molecular weight excluding hydrogens is 394 g/mol. The molecule has 1 saturated heterocycles. The van der Waals surface area contributed by atoms with E-state index in [9.17, 15) is 23.3 Å². The van der Waals surface area contributed by atoms with Gasteiger partial charge in [0.15, 0.2) is 0 Å². The minimum Gasteiger partial charge on any atom is -0.308 e. The van der Waals surface area contributed by atoms with Crippen LogP contribution in [-0.2, 0) is 16.4 Å². The standard InChI is InChI=1S/C20H21N3O5S/c24-20(17-7-1-2-8-19(17)23(25)26)22-13-5-6-15-14-16(9-10-18(15)22)29(27,28)21-11-3-4-12-21/h1-2,7-10,14H,3-6,11-13H2. The third-order valence-corrected chi connectivity index (χ3v) is 7.34. The van der Waals surface area contributed by atoms with Crippen molar-refractivity contribution in [2.24, 2.45) is 0 Å². The monoisotopic (exact) mass is 415 g/mol. The van der Waals surface area contributed by atoms with Crippen LogP contribution in [0.25, 0.3) is 0 Å². The fraction of sp³-hybridized carbons (Fsp3) is 0.350. The second-order valence-corrected chi connectivity index (χ2v) is 9.17. The van der Waals surface area contributed by atoms with Gasteiger partial charge in [-0.3, -0.25) is 14.9 Å². The van der Waals surface area contributed by atoms with Crippen LogP contribution in [0.5, 0.6) is 0 Å². The van der Waals surface area contributed by atoms with Crippen molar-refractivity contribution in [2.75, 3.05) is 24.5 Å². The minimum absolute atomic E-state index is 0.0270. The third-order valence-electron chi connectivity index (χ3n) is 5.45. The Morgan fingerprint density at radius 1 is 1.00 bits per heavy atom. The topological polar surface area (TPSA) is 101 Å². The first-order chi connectivity index (χ1) is 13.9. The number of hydrogen-bond donors (Lipinski definition) is 0. The lowest BCUT2D eigenvalue weighted by Gasteiger charge is -2.30. The van der Waals surface area contributed by atoms with Gasteiger partial charge < -0.3 is 4.90 Å². The fourth-order valence-electron chi connectivity index (χ4n) is 3.98. The number of sulfonamides is 1. The molecule has 2 aromatic rings. The van der Waals surface area contributed by atoms with E-state index in [4.69, 9.17) is 0 Å². The number of nitro benzene ring substituents is 1. The van der Waals surface area contributed by atoms with Crippen molar-refractivity contribution >= 4 is 27.3 Å². The molecule has 0 bridgehead atoms. The molecule has 0 aromatic heterocycles. The molecule has 2 aromatic carbocycles. The minimum atomic E-state index is -3.54. The highest BCUT2D eigenvalue weighted by Gasteiger charge is 2.31. The summed E-state index contributed by atoms with van der Waals surface area (Å²) < 4.78 is 27.2. The lowest BCUT2D eigenvalue weighted by molar-refractivity contribution is -0.385. The van der Waals surface area contributed by atoms with Gasteiger partial charge >= 0.3 is 0 Å². The molecule has 2 aliphatic rings. The highest BCUT2D eigenvalue weighted by Crippen LogP contribution is 2.33. The van der Waals surface area contributed by atoms with Crippen molar-refractivity contribution in [1.29, 1.82) is 0 Å². The van der Waals surface area contributed by atoms with Crippen LogP contribution in [0.4, 0.5) is 11.4 Å². The molecule has 0 radical (unpaired) electrons. The summed E-state index contributed by atoms with van der Waals surface area (Å²) in [7, 11) is -3.54. The molecule has 0 unspecified atom stereocenters. The number of amides is 1. The summed E-state index contributed by atoms with van der Waals surface area (Å²) in [6, 6.07) is 10.7. The van der Waals surface area contributed by atoms with Gasteiger partial charge in [0, 0.05) is 31.4 Å². The van der Waals surface area contributed by atoms with Crippen molar-refractivity contribution in [3.8, 4) is 0 Å². The van der Waals surface area contributed by atoms with Gasteiger partial charge in [0.05, 0.1) is 9.82 Å². The van der Waals surface area contributed by atoms with Gasteiger partial charge in [-0.15, -0.1) is 0 Å². The van der Waals surface area contributed by atoms with Crippen molar-refractivity contribution in [3.05, 3.63) is 63.7 Å². The van der Waals surface area contributed by atoms with Gasteiger partial charge in [-0.2, -0.15) is 4.31 Å². The quantitative estimate of drug-likeness (QED) is 0.564. The number of carbonyl (C=O) groups excluding carboxylic acids is 1. The van der Waals surface area contributed by atoms with E-state index < -0.39 is 20.9 Å². The summed E-state index contributed by atoms with van der Waals surface area (Å²) >= 11 is 0. The zero-order chi connectivity index (χ0) is 20.6. The molecule has 2 aliphatic heterocycles. The van der Waals surface area contributed by atoms with Crippen LogP contribution in [0.3, 0.4) is 0 Å². The first-order valence-electron chi connectivity index (χ1n) is 9.58. The zero-order valence-electron chi connectivity index (χ0n) is 15.8. The number of hydrogen-bond acceptors (Lipinski definition) is 5. The summed E-state index contributed by atoms with van der Waals surface area (Å²) in [5.74, 6) is -0.451. The average Bonchev–Trinajstić information content (AvgIpc) is 3.28.